The molecule has 2 nitrogen and oxygen atoms in total. The predicted octanol–water partition coefficient (Wildman–Crippen LogP) is 4.11. The summed E-state index contributed by atoms with van der Waals surface area (Å²) in [5.74, 6) is 0. The molecule has 0 aliphatic carbocycles. The van der Waals surface area contributed by atoms with Crippen LogP contribution >= 0.6 is 34.8 Å². The molecule has 0 saturated heterocycles. The van der Waals surface area contributed by atoms with Crippen molar-refractivity contribution in [2.75, 3.05) is 13.2 Å². The quantitative estimate of drug-likeness (QED) is 0.856. The molecule has 0 aromatic heterocycles. The van der Waals surface area contributed by atoms with Crippen molar-refractivity contribution in [2.24, 2.45) is 0 Å². The minimum atomic E-state index is -0.889. The summed E-state index contributed by atoms with van der Waals surface area (Å²) < 4.78 is 0. The Morgan fingerprint density at radius 1 is 0.857 bits per heavy atom. The molecule has 2 N–H and O–H groups in total. The van der Waals surface area contributed by atoms with Crippen LogP contribution in [0.15, 0.2) is 42.5 Å². The van der Waals surface area contributed by atoms with Crippen LogP contribution in [0.3, 0.4) is 0 Å². The highest BCUT2D eigenvalue weighted by Crippen LogP contribution is 2.35. The molecule has 0 aliphatic heterocycles. The van der Waals surface area contributed by atoms with Gasteiger partial charge >= 0.3 is 0 Å². The Kier molecular flexibility index (Phi) is 5.53. The summed E-state index contributed by atoms with van der Waals surface area (Å²) in [7, 11) is 0. The van der Waals surface area contributed by atoms with Crippen LogP contribution in [0.4, 0.5) is 0 Å². The molecule has 0 radical (unpaired) electrons. The van der Waals surface area contributed by atoms with Gasteiger partial charge in [0.05, 0.1) is 13.2 Å². The van der Waals surface area contributed by atoms with Gasteiger partial charge in [0.2, 0.25) is 0 Å². The molecule has 0 unspecified atom stereocenters. The van der Waals surface area contributed by atoms with Gasteiger partial charge in [-0.2, -0.15) is 0 Å². The van der Waals surface area contributed by atoms with E-state index < -0.39 is 5.41 Å². The Labute approximate surface area is 138 Å². The van der Waals surface area contributed by atoms with Gasteiger partial charge in [-0.3, -0.25) is 0 Å². The summed E-state index contributed by atoms with van der Waals surface area (Å²) in [5.41, 5.74) is 0.555. The van der Waals surface area contributed by atoms with Gasteiger partial charge in [0.25, 0.3) is 0 Å². The number of hydrogen-bond acceptors (Lipinski definition) is 2. The van der Waals surface area contributed by atoms with Gasteiger partial charge in [-0.15, -0.1) is 0 Å². The highest BCUT2D eigenvalue weighted by Gasteiger charge is 2.33. The maximum Gasteiger partial charge on any atom is 0.0553 e. The molecule has 5 heteroatoms. The van der Waals surface area contributed by atoms with Crippen molar-refractivity contribution >= 4 is 34.8 Å². The Bertz CT molecular complexity index is 604. The van der Waals surface area contributed by atoms with Gasteiger partial charge in [-0.25, -0.2) is 0 Å². The second-order valence-corrected chi connectivity index (χ2v) is 6.23. The highest BCUT2D eigenvalue weighted by molar-refractivity contribution is 6.36. The highest BCUT2D eigenvalue weighted by atomic mass is 35.5. The van der Waals surface area contributed by atoms with Crippen LogP contribution in [0, 0.1) is 0 Å². The van der Waals surface area contributed by atoms with Crippen molar-refractivity contribution in [3.05, 3.63) is 68.7 Å². The Hall–Kier alpha value is -0.770. The van der Waals surface area contributed by atoms with Crippen LogP contribution in [0.25, 0.3) is 0 Å². The predicted molar refractivity (Wildman–Crippen MR) is 87.5 cm³/mol. The van der Waals surface area contributed by atoms with Gasteiger partial charge in [-0.1, -0.05) is 53.0 Å². The number of aliphatic hydroxyl groups is 2. The van der Waals surface area contributed by atoms with E-state index in [2.05, 4.69) is 0 Å². The van der Waals surface area contributed by atoms with Crippen molar-refractivity contribution < 1.29 is 10.2 Å². The molecule has 0 heterocycles. The molecule has 112 valence electrons. The molecule has 0 spiro atoms. The zero-order valence-electron chi connectivity index (χ0n) is 11.2. The second-order valence-electron chi connectivity index (χ2n) is 4.98. The van der Waals surface area contributed by atoms with E-state index in [-0.39, 0.29) is 13.2 Å². The minimum absolute atomic E-state index is 0.245. The van der Waals surface area contributed by atoms with Crippen molar-refractivity contribution in [3.63, 3.8) is 0 Å². The third-order valence-electron chi connectivity index (χ3n) is 3.62. The lowest BCUT2D eigenvalue weighted by Crippen LogP contribution is -2.37. The van der Waals surface area contributed by atoms with Crippen LogP contribution in [-0.2, 0) is 11.8 Å². The molecule has 0 saturated carbocycles. The molecule has 0 aliphatic rings. The maximum atomic E-state index is 9.87. The SMILES string of the molecule is OCC(CO)(Cc1c(Cl)cccc1Cl)c1cccc(Cl)c1. The zero-order chi connectivity index (χ0) is 15.5. The third kappa shape index (κ3) is 3.53. The molecule has 0 atom stereocenters. The first-order valence-corrected chi connectivity index (χ1v) is 7.56. The molecular weight excluding hydrogens is 331 g/mol. The Balaban J connectivity index is 2.48. The Morgan fingerprint density at radius 3 is 1.95 bits per heavy atom. The monoisotopic (exact) mass is 344 g/mol. The zero-order valence-corrected chi connectivity index (χ0v) is 13.5. The Morgan fingerprint density at radius 2 is 1.43 bits per heavy atom. The molecule has 2 aromatic carbocycles. The van der Waals surface area contributed by atoms with Gasteiger partial charge in [0.15, 0.2) is 0 Å². The van der Waals surface area contributed by atoms with Gasteiger partial charge in [-0.05, 0) is 41.8 Å². The first-order valence-electron chi connectivity index (χ1n) is 6.43. The summed E-state index contributed by atoms with van der Waals surface area (Å²) >= 11 is 18.4. The summed E-state index contributed by atoms with van der Waals surface area (Å²) in [5, 5.41) is 21.3. The van der Waals surface area contributed by atoms with E-state index in [1.54, 1.807) is 36.4 Å². The second kappa shape index (κ2) is 6.99. The van der Waals surface area contributed by atoms with Crippen molar-refractivity contribution in [3.8, 4) is 0 Å². The minimum Gasteiger partial charge on any atom is -0.395 e. The lowest BCUT2D eigenvalue weighted by Gasteiger charge is -2.31. The van der Waals surface area contributed by atoms with E-state index in [0.29, 0.717) is 27.1 Å². The van der Waals surface area contributed by atoms with Crippen molar-refractivity contribution in [2.45, 2.75) is 11.8 Å². The maximum absolute atomic E-state index is 9.87. The van der Waals surface area contributed by atoms with Crippen LogP contribution in [0.5, 0.6) is 0 Å². The van der Waals surface area contributed by atoms with Crippen molar-refractivity contribution in [1.29, 1.82) is 0 Å². The van der Waals surface area contributed by atoms with Crippen LogP contribution < -0.4 is 0 Å². The van der Waals surface area contributed by atoms with Crippen molar-refractivity contribution in [1.82, 2.24) is 0 Å². The number of rotatable bonds is 5. The van der Waals surface area contributed by atoms with Gasteiger partial charge in [0.1, 0.15) is 0 Å². The normalized spacial score (nSPS) is 11.7. The summed E-state index contributed by atoms with van der Waals surface area (Å²) in [6, 6.07) is 12.3. The average molecular weight is 346 g/mol. The molecule has 0 amide bonds. The average Bonchev–Trinajstić information content (AvgIpc) is 2.48. The van der Waals surface area contributed by atoms with Gasteiger partial charge in [0, 0.05) is 20.5 Å². The van der Waals surface area contributed by atoms with E-state index in [4.69, 9.17) is 34.8 Å². The van der Waals surface area contributed by atoms with E-state index in [1.165, 1.54) is 0 Å². The molecule has 2 aromatic rings. The fourth-order valence-corrected chi connectivity index (χ4v) is 3.03. The summed E-state index contributed by atoms with van der Waals surface area (Å²) in [4.78, 5) is 0. The van der Waals surface area contributed by atoms with E-state index in [9.17, 15) is 10.2 Å². The lowest BCUT2D eigenvalue weighted by atomic mass is 9.77. The van der Waals surface area contributed by atoms with E-state index in [1.807, 2.05) is 6.07 Å². The van der Waals surface area contributed by atoms with Crippen LogP contribution in [0.1, 0.15) is 11.1 Å². The lowest BCUT2D eigenvalue weighted by molar-refractivity contribution is 0.116. The topological polar surface area (TPSA) is 40.5 Å². The molecular formula is C16H15Cl3O2. The van der Waals surface area contributed by atoms with Crippen LogP contribution in [-0.4, -0.2) is 23.4 Å². The summed E-state index contributed by atoms with van der Waals surface area (Å²) in [6.45, 7) is -0.489. The standard InChI is InChI=1S/C16H15Cl3O2/c17-12-4-1-3-11(7-12)16(9-20,10-21)8-13-14(18)5-2-6-15(13)19/h1-7,20-21H,8-10H2. The number of aliphatic hydroxyl groups excluding tert-OH is 2. The first-order chi connectivity index (χ1) is 10.0. The number of benzene rings is 2. The molecule has 21 heavy (non-hydrogen) atoms. The number of hydrogen-bond donors (Lipinski definition) is 2. The molecule has 2 rings (SSSR count). The fourth-order valence-electron chi connectivity index (χ4n) is 2.30. The first kappa shape index (κ1) is 16.6. The third-order valence-corrected chi connectivity index (χ3v) is 4.56. The summed E-state index contributed by atoms with van der Waals surface area (Å²) in [6.07, 6.45) is 0.318. The molecule has 0 bridgehead atoms. The largest absolute Gasteiger partial charge is 0.395 e. The van der Waals surface area contributed by atoms with E-state index >= 15 is 0 Å². The van der Waals surface area contributed by atoms with Crippen LogP contribution in [0.2, 0.25) is 15.1 Å². The van der Waals surface area contributed by atoms with Gasteiger partial charge < -0.3 is 10.2 Å². The smallest absolute Gasteiger partial charge is 0.0553 e. The fraction of sp³-hybridized carbons (Fsp3) is 0.250. The molecule has 0 fully saturated rings. The van der Waals surface area contributed by atoms with E-state index in [0.717, 1.165) is 5.56 Å². The number of halogens is 3.